The van der Waals surface area contributed by atoms with E-state index in [1.165, 1.54) is 6.92 Å². The first-order valence-electron chi connectivity index (χ1n) is 10.4. The third kappa shape index (κ3) is 5.42. The Hall–Kier alpha value is -2.78. The quantitative estimate of drug-likeness (QED) is 0.307. The summed E-state index contributed by atoms with van der Waals surface area (Å²) in [5.74, 6) is 1.34. The molecule has 0 spiro atoms. The number of ether oxygens (including phenoxy) is 2. The second kappa shape index (κ2) is 10.8. The van der Waals surface area contributed by atoms with E-state index >= 15 is 0 Å². The Kier molecular flexibility index (Phi) is 8.49. The molecule has 1 heterocycles. The molecule has 160 valence electrons. The maximum absolute atomic E-state index is 12.9. The van der Waals surface area contributed by atoms with Gasteiger partial charge in [0, 0.05) is 18.1 Å². The zero-order valence-electron chi connectivity index (χ0n) is 18.1. The lowest BCUT2D eigenvalue weighted by Gasteiger charge is -2.25. The fraction of sp³-hybridized carbons (Fsp3) is 0.417. The minimum absolute atomic E-state index is 0.200. The molecule has 2 aromatic rings. The van der Waals surface area contributed by atoms with Gasteiger partial charge < -0.3 is 13.9 Å². The summed E-state index contributed by atoms with van der Waals surface area (Å²) in [7, 11) is -1.71. The van der Waals surface area contributed by atoms with Crippen LogP contribution in [-0.4, -0.2) is 20.0 Å². The largest absolute Gasteiger partial charge is 0.474 e. The van der Waals surface area contributed by atoms with Crippen molar-refractivity contribution in [2.75, 3.05) is 0 Å². The second-order valence-electron chi connectivity index (χ2n) is 7.32. The monoisotopic (exact) mass is 426 g/mol. The molecule has 0 amide bonds. The molecule has 0 aliphatic carbocycles. The van der Waals surface area contributed by atoms with Gasteiger partial charge in [0.05, 0.1) is 18.1 Å². The van der Waals surface area contributed by atoms with Gasteiger partial charge in [-0.2, -0.15) is 0 Å². The lowest BCUT2D eigenvalue weighted by atomic mass is 10.1. The van der Waals surface area contributed by atoms with Gasteiger partial charge >= 0.3 is 11.9 Å². The number of carbonyl (C=O) groups is 2. The standard InChI is InChI=1S/C24H30O5Si/c1-6-13-21(20-16-22(27-17-20)30(7-2,8-3)9-4)29-24(26)23(28-18(5)25)19-14-11-10-12-15-19/h1,10-12,14-17,21,23H,7-9,13H2,2-5H3/t21-,23-/m0/s1. The Balaban J connectivity index is 2.29. The van der Waals surface area contributed by atoms with Crippen LogP contribution in [0.5, 0.6) is 0 Å². The maximum Gasteiger partial charge on any atom is 0.352 e. The maximum atomic E-state index is 12.9. The van der Waals surface area contributed by atoms with Crippen molar-refractivity contribution in [3.8, 4) is 12.3 Å². The number of esters is 2. The van der Waals surface area contributed by atoms with Gasteiger partial charge in [0.25, 0.3) is 0 Å². The average Bonchev–Trinajstić information content (AvgIpc) is 3.24. The summed E-state index contributed by atoms with van der Waals surface area (Å²) in [4.78, 5) is 24.5. The van der Waals surface area contributed by atoms with E-state index < -0.39 is 32.2 Å². The topological polar surface area (TPSA) is 65.7 Å². The molecule has 0 fully saturated rings. The molecule has 30 heavy (non-hydrogen) atoms. The first-order chi connectivity index (χ1) is 14.4. The number of hydrogen-bond acceptors (Lipinski definition) is 5. The molecular formula is C24H30O5Si. The number of furan rings is 1. The predicted octanol–water partition coefficient (Wildman–Crippen LogP) is 4.91. The number of carbonyl (C=O) groups excluding carboxylic acids is 2. The Morgan fingerprint density at radius 1 is 1.07 bits per heavy atom. The number of rotatable bonds is 10. The van der Waals surface area contributed by atoms with Crippen molar-refractivity contribution < 1.29 is 23.5 Å². The van der Waals surface area contributed by atoms with Gasteiger partial charge in [0.15, 0.2) is 0 Å². The second-order valence-corrected chi connectivity index (χ2v) is 12.5. The molecule has 0 saturated carbocycles. The van der Waals surface area contributed by atoms with Crippen LogP contribution in [0.3, 0.4) is 0 Å². The molecule has 0 aliphatic heterocycles. The van der Waals surface area contributed by atoms with E-state index in [-0.39, 0.29) is 6.42 Å². The molecule has 0 unspecified atom stereocenters. The van der Waals surface area contributed by atoms with Crippen LogP contribution in [0.15, 0.2) is 47.1 Å². The molecule has 0 bridgehead atoms. The van der Waals surface area contributed by atoms with Gasteiger partial charge in [-0.15, -0.1) is 12.3 Å². The van der Waals surface area contributed by atoms with Crippen molar-refractivity contribution in [3.05, 3.63) is 53.8 Å². The van der Waals surface area contributed by atoms with Crippen LogP contribution in [0.2, 0.25) is 18.1 Å². The molecule has 1 aromatic carbocycles. The van der Waals surface area contributed by atoms with Gasteiger partial charge in [-0.3, -0.25) is 4.79 Å². The summed E-state index contributed by atoms with van der Waals surface area (Å²) >= 11 is 0. The highest BCUT2D eigenvalue weighted by Gasteiger charge is 2.34. The number of benzene rings is 1. The molecule has 2 rings (SSSR count). The molecule has 0 aliphatic rings. The van der Waals surface area contributed by atoms with Crippen molar-refractivity contribution in [1.82, 2.24) is 0 Å². The van der Waals surface area contributed by atoms with E-state index in [1.54, 1.807) is 30.5 Å². The zero-order valence-corrected chi connectivity index (χ0v) is 19.1. The molecule has 1 aromatic heterocycles. The average molecular weight is 427 g/mol. The third-order valence-corrected chi connectivity index (χ3v) is 11.1. The van der Waals surface area contributed by atoms with Crippen molar-refractivity contribution in [1.29, 1.82) is 0 Å². The van der Waals surface area contributed by atoms with Gasteiger partial charge in [-0.25, -0.2) is 4.79 Å². The summed E-state index contributed by atoms with van der Waals surface area (Å²) in [6.45, 7) is 7.85. The Bertz CT molecular complexity index is 868. The summed E-state index contributed by atoms with van der Waals surface area (Å²) in [5, 5.41) is 1.00. The lowest BCUT2D eigenvalue weighted by molar-refractivity contribution is -0.171. The van der Waals surface area contributed by atoms with Crippen LogP contribution in [0, 0.1) is 12.3 Å². The minimum Gasteiger partial charge on any atom is -0.474 e. The molecule has 6 heteroatoms. The molecule has 0 N–H and O–H groups in total. The molecule has 0 saturated heterocycles. The smallest absolute Gasteiger partial charge is 0.352 e. The predicted molar refractivity (Wildman–Crippen MR) is 119 cm³/mol. The van der Waals surface area contributed by atoms with Crippen LogP contribution >= 0.6 is 0 Å². The molecule has 5 nitrogen and oxygen atoms in total. The SMILES string of the molecule is C#CC[C@H](OC(=O)[C@@H](OC(C)=O)c1ccccc1)c1coc([Si](CC)(CC)CC)c1. The van der Waals surface area contributed by atoms with Crippen molar-refractivity contribution in [2.45, 2.75) is 64.5 Å². The Labute approximate surface area is 179 Å². The van der Waals surface area contributed by atoms with E-state index in [4.69, 9.17) is 20.3 Å². The van der Waals surface area contributed by atoms with Crippen molar-refractivity contribution >= 4 is 25.4 Å². The van der Waals surface area contributed by atoms with Crippen LogP contribution in [-0.2, 0) is 19.1 Å². The number of hydrogen-bond donors (Lipinski definition) is 0. The van der Waals surface area contributed by atoms with Crippen LogP contribution < -0.4 is 5.38 Å². The van der Waals surface area contributed by atoms with Gasteiger partial charge in [0.1, 0.15) is 14.2 Å². The highest BCUT2D eigenvalue weighted by atomic mass is 28.3. The number of terminal acetylenes is 1. The Morgan fingerprint density at radius 2 is 1.70 bits per heavy atom. The van der Waals surface area contributed by atoms with E-state index in [2.05, 4.69) is 26.7 Å². The summed E-state index contributed by atoms with van der Waals surface area (Å²) < 4.78 is 16.9. The normalized spacial score (nSPS) is 13.2. The van der Waals surface area contributed by atoms with E-state index in [1.807, 2.05) is 12.1 Å². The first-order valence-corrected chi connectivity index (χ1v) is 13.0. The fourth-order valence-corrected chi connectivity index (χ4v) is 6.98. The van der Waals surface area contributed by atoms with E-state index in [0.717, 1.165) is 29.1 Å². The van der Waals surface area contributed by atoms with Gasteiger partial charge in [0.2, 0.25) is 6.10 Å². The summed E-state index contributed by atoms with van der Waals surface area (Å²) in [5.41, 5.74) is 1.28. The molecule has 2 atom stereocenters. The first kappa shape index (κ1) is 23.5. The van der Waals surface area contributed by atoms with Crippen LogP contribution in [0.4, 0.5) is 0 Å². The lowest BCUT2D eigenvalue weighted by Crippen LogP contribution is -2.44. The minimum atomic E-state index is -1.71. The fourth-order valence-electron chi connectivity index (χ4n) is 3.65. The van der Waals surface area contributed by atoms with E-state index in [9.17, 15) is 9.59 Å². The molecule has 0 radical (unpaired) electrons. The highest BCUT2D eigenvalue weighted by Crippen LogP contribution is 2.28. The van der Waals surface area contributed by atoms with Crippen molar-refractivity contribution in [2.24, 2.45) is 0 Å². The highest BCUT2D eigenvalue weighted by molar-refractivity contribution is 6.90. The van der Waals surface area contributed by atoms with Gasteiger partial charge in [-0.1, -0.05) is 69.2 Å². The Morgan fingerprint density at radius 3 is 2.23 bits per heavy atom. The van der Waals surface area contributed by atoms with Crippen LogP contribution in [0.1, 0.15) is 57.5 Å². The third-order valence-electron chi connectivity index (χ3n) is 5.71. The zero-order chi connectivity index (χ0) is 22.1. The van der Waals surface area contributed by atoms with Crippen LogP contribution in [0.25, 0.3) is 0 Å². The van der Waals surface area contributed by atoms with Gasteiger partial charge in [-0.05, 0) is 6.07 Å². The summed E-state index contributed by atoms with van der Waals surface area (Å²) in [6.07, 6.45) is 5.55. The van der Waals surface area contributed by atoms with E-state index in [0.29, 0.717) is 5.56 Å². The summed E-state index contributed by atoms with van der Waals surface area (Å²) in [6, 6.07) is 14.0. The molecular weight excluding hydrogens is 396 g/mol. The van der Waals surface area contributed by atoms with Crippen molar-refractivity contribution in [3.63, 3.8) is 0 Å².